The summed E-state index contributed by atoms with van der Waals surface area (Å²) in [7, 11) is 0. The summed E-state index contributed by atoms with van der Waals surface area (Å²) in [6, 6.07) is 59.2. The van der Waals surface area contributed by atoms with E-state index < -0.39 is 0 Å². The molecule has 1 aliphatic rings. The Balaban J connectivity index is 1.15. The molecule has 9 aromatic rings. The van der Waals surface area contributed by atoms with E-state index in [-0.39, 0.29) is 5.41 Å². The summed E-state index contributed by atoms with van der Waals surface area (Å²) in [5.41, 5.74) is 14.5. The minimum Gasteiger partial charge on any atom is -0.264 e. The third-order valence-electron chi connectivity index (χ3n) is 11.2. The van der Waals surface area contributed by atoms with Gasteiger partial charge in [-0.05, 0) is 110 Å². The van der Waals surface area contributed by atoms with E-state index in [1.54, 1.807) is 0 Å². The van der Waals surface area contributed by atoms with Crippen LogP contribution in [0, 0.1) is 11.3 Å². The van der Waals surface area contributed by atoms with Crippen molar-refractivity contribution in [2.45, 2.75) is 19.3 Å². The molecule has 0 spiro atoms. The lowest BCUT2D eigenvalue weighted by Crippen LogP contribution is -2.15. The van der Waals surface area contributed by atoms with Gasteiger partial charge in [-0.15, -0.1) is 0 Å². The second-order valence-electron chi connectivity index (χ2n) is 15.1. The Hall–Kier alpha value is -7.55. The summed E-state index contributed by atoms with van der Waals surface area (Å²) in [4.78, 5) is 19.7. The van der Waals surface area contributed by atoms with E-state index in [0.717, 1.165) is 60.8 Å². The molecule has 0 N–H and O–H groups in total. The molecule has 268 valence electrons. The second-order valence-corrected chi connectivity index (χ2v) is 15.1. The molecule has 5 nitrogen and oxygen atoms in total. The first kappa shape index (κ1) is 34.0. The summed E-state index contributed by atoms with van der Waals surface area (Å²) in [6.45, 7) is 4.50. The molecule has 0 amide bonds. The molecule has 2 aromatic heterocycles. The largest absolute Gasteiger partial charge is 0.264 e. The van der Waals surface area contributed by atoms with Crippen LogP contribution in [0.1, 0.15) is 30.5 Å². The van der Waals surface area contributed by atoms with Gasteiger partial charge in [-0.2, -0.15) is 5.26 Å². The molecule has 0 saturated heterocycles. The zero-order valence-corrected chi connectivity index (χ0v) is 31.5. The van der Waals surface area contributed by atoms with E-state index in [4.69, 9.17) is 15.0 Å². The topological polar surface area (TPSA) is 75.3 Å². The number of aromatic nitrogens is 4. The number of hydrogen-bond acceptors (Lipinski definition) is 5. The van der Waals surface area contributed by atoms with Crippen molar-refractivity contribution in [3.63, 3.8) is 0 Å². The maximum Gasteiger partial charge on any atom is 0.164 e. The normalized spacial score (nSPS) is 12.5. The van der Waals surface area contributed by atoms with Crippen LogP contribution in [0.2, 0.25) is 0 Å². The van der Waals surface area contributed by atoms with Gasteiger partial charge in [0.05, 0.1) is 11.6 Å². The molecule has 0 aliphatic heterocycles. The van der Waals surface area contributed by atoms with Gasteiger partial charge in [0.25, 0.3) is 0 Å². The lowest BCUT2D eigenvalue weighted by atomic mass is 9.81. The lowest BCUT2D eigenvalue weighted by Gasteiger charge is -2.22. The van der Waals surface area contributed by atoms with Crippen LogP contribution in [0.15, 0.2) is 176 Å². The summed E-state index contributed by atoms with van der Waals surface area (Å²) in [5, 5.41) is 11.9. The number of benzene rings is 7. The van der Waals surface area contributed by atoms with Gasteiger partial charge in [0.2, 0.25) is 0 Å². The molecule has 0 radical (unpaired) electrons. The zero-order valence-electron chi connectivity index (χ0n) is 31.5. The average molecular weight is 730 g/mol. The van der Waals surface area contributed by atoms with Crippen molar-refractivity contribution < 1.29 is 0 Å². The van der Waals surface area contributed by atoms with Gasteiger partial charge in [0.1, 0.15) is 0 Å². The minimum absolute atomic E-state index is 0.274. The van der Waals surface area contributed by atoms with E-state index in [1.165, 1.54) is 22.3 Å². The Morgan fingerprint density at radius 1 is 0.421 bits per heavy atom. The highest BCUT2D eigenvalue weighted by Gasteiger charge is 2.36. The predicted molar refractivity (Wildman–Crippen MR) is 230 cm³/mol. The molecule has 2 heterocycles. The molecule has 0 fully saturated rings. The third-order valence-corrected chi connectivity index (χ3v) is 11.2. The van der Waals surface area contributed by atoms with Crippen LogP contribution >= 0.6 is 0 Å². The maximum absolute atomic E-state index is 9.70. The van der Waals surface area contributed by atoms with Gasteiger partial charge in [0, 0.05) is 39.9 Å². The second kappa shape index (κ2) is 13.6. The number of hydrogen-bond donors (Lipinski definition) is 0. The molecule has 57 heavy (non-hydrogen) atoms. The first-order valence-corrected chi connectivity index (χ1v) is 19.1. The third kappa shape index (κ3) is 6.14. The van der Waals surface area contributed by atoms with E-state index in [1.807, 2.05) is 60.9 Å². The van der Waals surface area contributed by atoms with Gasteiger partial charge in [-0.1, -0.05) is 129 Å². The Kier molecular flexibility index (Phi) is 8.13. The molecule has 1 aliphatic carbocycles. The van der Waals surface area contributed by atoms with Crippen LogP contribution in [0.5, 0.6) is 0 Å². The average Bonchev–Trinajstić information content (AvgIpc) is 3.51. The highest BCUT2D eigenvalue weighted by atomic mass is 15.0. The highest BCUT2D eigenvalue weighted by molar-refractivity contribution is 5.90. The Bertz CT molecular complexity index is 3040. The monoisotopic (exact) mass is 729 g/mol. The van der Waals surface area contributed by atoms with E-state index >= 15 is 0 Å². The molecule has 0 atom stereocenters. The van der Waals surface area contributed by atoms with Crippen molar-refractivity contribution >= 4 is 10.8 Å². The molecular weight excluding hydrogens is 695 g/mol. The van der Waals surface area contributed by atoms with Crippen molar-refractivity contribution in [1.29, 1.82) is 5.26 Å². The van der Waals surface area contributed by atoms with Crippen molar-refractivity contribution in [3.05, 3.63) is 193 Å². The SMILES string of the molecule is CC1(C)c2cc(C#N)ccc2-c2ccc(-c3cc(-c4ccc5cnccc5c4)cc(-c4nc(-c5ccccc5)nc(-c5ccc(-c6ccccc6)cc5)n4)c3)cc21. The number of pyridine rings is 1. The van der Waals surface area contributed by atoms with Crippen LogP contribution in [0.25, 0.3) is 89.4 Å². The Labute approximate surface area is 331 Å². The van der Waals surface area contributed by atoms with Crippen LogP contribution < -0.4 is 0 Å². The molecule has 5 heteroatoms. The number of rotatable bonds is 6. The molecule has 10 rings (SSSR count). The quantitative estimate of drug-likeness (QED) is 0.170. The van der Waals surface area contributed by atoms with Crippen LogP contribution in [0.4, 0.5) is 0 Å². The van der Waals surface area contributed by atoms with Crippen LogP contribution in [-0.4, -0.2) is 19.9 Å². The number of nitriles is 1. The molecule has 0 bridgehead atoms. The fourth-order valence-electron chi connectivity index (χ4n) is 8.13. The fraction of sp³-hybridized carbons (Fsp3) is 0.0577. The minimum atomic E-state index is -0.274. The molecular formula is C52H35N5. The van der Waals surface area contributed by atoms with Crippen molar-refractivity contribution in [2.24, 2.45) is 0 Å². The first-order chi connectivity index (χ1) is 27.9. The summed E-state index contributed by atoms with van der Waals surface area (Å²) in [5.74, 6) is 1.82. The first-order valence-electron chi connectivity index (χ1n) is 19.1. The molecule has 7 aromatic carbocycles. The van der Waals surface area contributed by atoms with Gasteiger partial charge in [0.15, 0.2) is 17.5 Å². The summed E-state index contributed by atoms with van der Waals surface area (Å²) >= 11 is 0. The van der Waals surface area contributed by atoms with Crippen molar-refractivity contribution in [3.8, 4) is 84.7 Å². The smallest absolute Gasteiger partial charge is 0.164 e. The summed E-state index contributed by atoms with van der Waals surface area (Å²) in [6.07, 6.45) is 3.73. The fourth-order valence-corrected chi connectivity index (χ4v) is 8.13. The van der Waals surface area contributed by atoms with Crippen LogP contribution in [-0.2, 0) is 5.41 Å². The van der Waals surface area contributed by atoms with E-state index in [9.17, 15) is 5.26 Å². The van der Waals surface area contributed by atoms with Crippen LogP contribution in [0.3, 0.4) is 0 Å². The van der Waals surface area contributed by atoms with Gasteiger partial charge in [-0.3, -0.25) is 4.98 Å². The van der Waals surface area contributed by atoms with Crippen molar-refractivity contribution in [1.82, 2.24) is 19.9 Å². The van der Waals surface area contributed by atoms with E-state index in [0.29, 0.717) is 23.0 Å². The maximum atomic E-state index is 9.70. The standard InChI is InChI=1S/C52H35N5/c1-52(2)47-25-33(31-53)13-21-45(47)46-22-20-39(30-48(46)52)43-27-42(38-18-19-41-32-54-24-23-40(41)26-38)28-44(29-43)51-56-49(36-11-7-4-8-12-36)55-50(57-51)37-16-14-35(15-17-37)34-9-5-3-6-10-34/h3-30,32H,1-2H3. The van der Waals surface area contributed by atoms with E-state index in [2.05, 4.69) is 140 Å². The Morgan fingerprint density at radius 2 is 0.930 bits per heavy atom. The molecule has 0 unspecified atom stereocenters. The summed E-state index contributed by atoms with van der Waals surface area (Å²) < 4.78 is 0. The van der Waals surface area contributed by atoms with Gasteiger partial charge in [-0.25, -0.2) is 15.0 Å². The highest BCUT2D eigenvalue weighted by Crippen LogP contribution is 2.50. The predicted octanol–water partition coefficient (Wildman–Crippen LogP) is 12.6. The number of nitrogens with zero attached hydrogens (tertiary/aromatic N) is 5. The lowest BCUT2D eigenvalue weighted by molar-refractivity contribution is 0.660. The van der Waals surface area contributed by atoms with Gasteiger partial charge >= 0.3 is 0 Å². The van der Waals surface area contributed by atoms with Crippen molar-refractivity contribution in [2.75, 3.05) is 0 Å². The Morgan fingerprint density at radius 3 is 1.61 bits per heavy atom. The van der Waals surface area contributed by atoms with Gasteiger partial charge < -0.3 is 0 Å². The zero-order chi connectivity index (χ0) is 38.5. The number of fused-ring (bicyclic) bond motifs is 4. The molecule has 0 saturated carbocycles.